The Bertz CT molecular complexity index is 310. The SMILES string of the molecule is CCC(=O)N(C)c1cnccc1C. The van der Waals surface area contributed by atoms with E-state index in [2.05, 4.69) is 4.98 Å². The lowest BCUT2D eigenvalue weighted by Crippen LogP contribution is -2.25. The monoisotopic (exact) mass is 178 g/mol. The van der Waals surface area contributed by atoms with E-state index in [0.29, 0.717) is 6.42 Å². The number of nitrogens with zero attached hydrogens (tertiary/aromatic N) is 2. The molecule has 0 bridgehead atoms. The van der Waals surface area contributed by atoms with Crippen LogP contribution in [0.5, 0.6) is 0 Å². The first-order chi connectivity index (χ1) is 6.16. The van der Waals surface area contributed by atoms with E-state index in [1.807, 2.05) is 19.9 Å². The molecule has 0 spiro atoms. The summed E-state index contributed by atoms with van der Waals surface area (Å²) in [6.45, 7) is 3.82. The van der Waals surface area contributed by atoms with Gasteiger partial charge in [0.05, 0.1) is 11.9 Å². The number of hydrogen-bond donors (Lipinski definition) is 0. The van der Waals surface area contributed by atoms with E-state index in [1.165, 1.54) is 0 Å². The molecule has 0 fully saturated rings. The maximum absolute atomic E-state index is 11.4. The molecule has 1 aromatic rings. The molecule has 0 aromatic carbocycles. The lowest BCUT2D eigenvalue weighted by molar-refractivity contribution is -0.118. The molecule has 0 radical (unpaired) electrons. The standard InChI is InChI=1S/C10H14N2O/c1-4-10(13)12(3)9-7-11-6-5-8(9)2/h5-7H,4H2,1-3H3. The Morgan fingerprint density at radius 2 is 2.31 bits per heavy atom. The van der Waals surface area contributed by atoms with E-state index in [0.717, 1.165) is 11.3 Å². The van der Waals surface area contributed by atoms with Crippen molar-refractivity contribution >= 4 is 11.6 Å². The topological polar surface area (TPSA) is 33.2 Å². The maximum atomic E-state index is 11.4. The van der Waals surface area contributed by atoms with E-state index in [-0.39, 0.29) is 5.91 Å². The summed E-state index contributed by atoms with van der Waals surface area (Å²) in [4.78, 5) is 17.0. The van der Waals surface area contributed by atoms with Gasteiger partial charge in [0.1, 0.15) is 0 Å². The molecule has 1 amide bonds. The summed E-state index contributed by atoms with van der Waals surface area (Å²) in [6, 6.07) is 1.90. The summed E-state index contributed by atoms with van der Waals surface area (Å²) in [5, 5.41) is 0. The van der Waals surface area contributed by atoms with E-state index >= 15 is 0 Å². The van der Waals surface area contributed by atoms with E-state index in [4.69, 9.17) is 0 Å². The minimum absolute atomic E-state index is 0.108. The molecular formula is C10H14N2O. The van der Waals surface area contributed by atoms with E-state index < -0.39 is 0 Å². The predicted molar refractivity (Wildman–Crippen MR) is 52.7 cm³/mol. The van der Waals surface area contributed by atoms with Crippen molar-refractivity contribution in [3.05, 3.63) is 24.0 Å². The highest BCUT2D eigenvalue weighted by Crippen LogP contribution is 2.16. The van der Waals surface area contributed by atoms with Gasteiger partial charge < -0.3 is 4.90 Å². The van der Waals surface area contributed by atoms with Gasteiger partial charge in [0.15, 0.2) is 0 Å². The molecule has 70 valence electrons. The largest absolute Gasteiger partial charge is 0.314 e. The summed E-state index contributed by atoms with van der Waals surface area (Å²) in [5.74, 6) is 0.108. The van der Waals surface area contributed by atoms with Crippen molar-refractivity contribution in [2.45, 2.75) is 20.3 Å². The zero-order chi connectivity index (χ0) is 9.84. The zero-order valence-electron chi connectivity index (χ0n) is 8.24. The van der Waals surface area contributed by atoms with Crippen molar-refractivity contribution < 1.29 is 4.79 Å². The average molecular weight is 178 g/mol. The van der Waals surface area contributed by atoms with Crippen LogP contribution < -0.4 is 4.90 Å². The first-order valence-electron chi connectivity index (χ1n) is 4.34. The third-order valence-corrected chi connectivity index (χ3v) is 2.05. The Kier molecular flexibility index (Phi) is 3.01. The van der Waals surface area contributed by atoms with Crippen molar-refractivity contribution in [2.24, 2.45) is 0 Å². The molecule has 0 aliphatic heterocycles. The van der Waals surface area contributed by atoms with Gasteiger partial charge in [-0.25, -0.2) is 0 Å². The molecule has 0 atom stereocenters. The molecule has 3 heteroatoms. The number of rotatable bonds is 2. The van der Waals surface area contributed by atoms with Crippen LogP contribution >= 0.6 is 0 Å². The second-order valence-electron chi connectivity index (χ2n) is 2.97. The van der Waals surface area contributed by atoms with Crippen molar-refractivity contribution in [3.8, 4) is 0 Å². The van der Waals surface area contributed by atoms with E-state index in [1.54, 1.807) is 24.3 Å². The van der Waals surface area contributed by atoms with Crippen LogP contribution in [-0.2, 0) is 4.79 Å². The smallest absolute Gasteiger partial charge is 0.226 e. The molecule has 3 nitrogen and oxygen atoms in total. The lowest BCUT2D eigenvalue weighted by atomic mass is 10.2. The molecular weight excluding hydrogens is 164 g/mol. The lowest BCUT2D eigenvalue weighted by Gasteiger charge is -2.17. The molecule has 0 aliphatic rings. The van der Waals surface area contributed by atoms with Crippen molar-refractivity contribution in [2.75, 3.05) is 11.9 Å². The number of anilines is 1. The van der Waals surface area contributed by atoms with Crippen LogP contribution in [0.2, 0.25) is 0 Å². The summed E-state index contributed by atoms with van der Waals surface area (Å²) in [7, 11) is 1.77. The normalized spacial score (nSPS) is 9.77. The second-order valence-corrected chi connectivity index (χ2v) is 2.97. The van der Waals surface area contributed by atoms with Gasteiger partial charge in [-0.1, -0.05) is 6.92 Å². The molecule has 0 N–H and O–H groups in total. The molecule has 1 heterocycles. The minimum atomic E-state index is 0.108. The Morgan fingerprint density at radius 3 is 2.85 bits per heavy atom. The third-order valence-electron chi connectivity index (χ3n) is 2.05. The zero-order valence-corrected chi connectivity index (χ0v) is 8.24. The number of pyridine rings is 1. The Morgan fingerprint density at radius 1 is 1.62 bits per heavy atom. The van der Waals surface area contributed by atoms with Crippen LogP contribution in [0.1, 0.15) is 18.9 Å². The fourth-order valence-electron chi connectivity index (χ4n) is 1.18. The number of hydrogen-bond acceptors (Lipinski definition) is 2. The molecule has 0 saturated heterocycles. The fraction of sp³-hybridized carbons (Fsp3) is 0.400. The molecule has 0 saturated carbocycles. The quantitative estimate of drug-likeness (QED) is 0.691. The number of amides is 1. The minimum Gasteiger partial charge on any atom is -0.314 e. The number of carbonyl (C=O) groups excluding carboxylic acids is 1. The molecule has 0 aliphatic carbocycles. The number of aromatic nitrogens is 1. The molecule has 0 unspecified atom stereocenters. The van der Waals surface area contributed by atoms with Crippen LogP contribution in [0.3, 0.4) is 0 Å². The highest BCUT2D eigenvalue weighted by Gasteiger charge is 2.09. The van der Waals surface area contributed by atoms with Crippen LogP contribution in [-0.4, -0.2) is 17.9 Å². The van der Waals surface area contributed by atoms with Crippen molar-refractivity contribution in [1.29, 1.82) is 0 Å². The Labute approximate surface area is 78.4 Å². The summed E-state index contributed by atoms with van der Waals surface area (Å²) in [6.07, 6.45) is 3.96. The van der Waals surface area contributed by atoms with Gasteiger partial charge in [0.25, 0.3) is 0 Å². The number of aryl methyl sites for hydroxylation is 1. The molecule has 1 aromatic heterocycles. The van der Waals surface area contributed by atoms with Crippen LogP contribution in [0.15, 0.2) is 18.5 Å². The summed E-state index contributed by atoms with van der Waals surface area (Å²) >= 11 is 0. The second kappa shape index (κ2) is 4.03. The van der Waals surface area contributed by atoms with Gasteiger partial charge in [0, 0.05) is 19.7 Å². The van der Waals surface area contributed by atoms with Gasteiger partial charge in [-0.2, -0.15) is 0 Å². The van der Waals surface area contributed by atoms with Gasteiger partial charge in [-0.3, -0.25) is 9.78 Å². The van der Waals surface area contributed by atoms with Gasteiger partial charge >= 0.3 is 0 Å². The first kappa shape index (κ1) is 9.71. The van der Waals surface area contributed by atoms with Gasteiger partial charge in [-0.15, -0.1) is 0 Å². The highest BCUT2D eigenvalue weighted by atomic mass is 16.2. The first-order valence-corrected chi connectivity index (χ1v) is 4.34. The van der Waals surface area contributed by atoms with Crippen molar-refractivity contribution in [3.63, 3.8) is 0 Å². The average Bonchev–Trinajstić information content (AvgIpc) is 2.16. The molecule has 1 rings (SSSR count). The maximum Gasteiger partial charge on any atom is 0.226 e. The van der Waals surface area contributed by atoms with E-state index in [9.17, 15) is 4.79 Å². The van der Waals surface area contributed by atoms with Gasteiger partial charge in [0.2, 0.25) is 5.91 Å². The third kappa shape index (κ3) is 2.05. The van der Waals surface area contributed by atoms with Crippen LogP contribution in [0, 0.1) is 6.92 Å². The highest BCUT2D eigenvalue weighted by molar-refractivity contribution is 5.93. The van der Waals surface area contributed by atoms with Crippen molar-refractivity contribution in [1.82, 2.24) is 4.98 Å². The fourth-order valence-corrected chi connectivity index (χ4v) is 1.18. The summed E-state index contributed by atoms with van der Waals surface area (Å²) in [5.41, 5.74) is 1.95. The molecule has 13 heavy (non-hydrogen) atoms. The Balaban J connectivity index is 2.95. The summed E-state index contributed by atoms with van der Waals surface area (Å²) < 4.78 is 0. The Hall–Kier alpha value is -1.38. The number of carbonyl (C=O) groups is 1. The van der Waals surface area contributed by atoms with Crippen LogP contribution in [0.25, 0.3) is 0 Å². The van der Waals surface area contributed by atoms with Gasteiger partial charge in [-0.05, 0) is 18.6 Å². The predicted octanol–water partition coefficient (Wildman–Crippen LogP) is 1.76. The van der Waals surface area contributed by atoms with Crippen LogP contribution in [0.4, 0.5) is 5.69 Å².